The average Bonchev–Trinajstić information content (AvgIpc) is 3.82. The second-order valence-electron chi connectivity index (χ2n) is 10.2. The number of nitrogens with one attached hydrogen (secondary N) is 2. The SMILES string of the molecule is CCC(C(=O)Nc1cccc(-c2nc3sccn3c2-c2ccnc(Nc3ccc(-n4ccnc4)cc3)n2)c1)c1ccccc1. The fourth-order valence-electron chi connectivity index (χ4n) is 5.27. The van der Waals surface area contributed by atoms with Crippen LogP contribution in [0.5, 0.6) is 0 Å². The molecule has 0 aliphatic carbocycles. The number of benzene rings is 3. The summed E-state index contributed by atoms with van der Waals surface area (Å²) >= 11 is 1.55. The summed E-state index contributed by atoms with van der Waals surface area (Å²) in [5, 5.41) is 8.45. The van der Waals surface area contributed by atoms with Gasteiger partial charge in [-0.15, -0.1) is 11.3 Å². The normalized spacial score (nSPS) is 11.8. The Morgan fingerprint density at radius 3 is 2.57 bits per heavy atom. The van der Waals surface area contributed by atoms with E-state index in [1.807, 2.05) is 119 Å². The van der Waals surface area contributed by atoms with Crippen LogP contribution in [0, 0.1) is 0 Å². The van der Waals surface area contributed by atoms with Gasteiger partial charge < -0.3 is 15.2 Å². The first kappa shape index (κ1) is 27.2. The van der Waals surface area contributed by atoms with Crippen LogP contribution >= 0.6 is 11.3 Å². The molecule has 0 spiro atoms. The summed E-state index contributed by atoms with van der Waals surface area (Å²) in [5.41, 5.74) is 6.82. The van der Waals surface area contributed by atoms with Gasteiger partial charge in [-0.3, -0.25) is 9.20 Å². The van der Waals surface area contributed by atoms with Crippen LogP contribution in [0.2, 0.25) is 0 Å². The number of nitrogens with zero attached hydrogens (tertiary/aromatic N) is 6. The highest BCUT2D eigenvalue weighted by Crippen LogP contribution is 2.35. The molecule has 9 nitrogen and oxygen atoms in total. The van der Waals surface area contributed by atoms with Crippen LogP contribution in [-0.2, 0) is 4.79 Å². The zero-order valence-corrected chi connectivity index (χ0v) is 24.6. The van der Waals surface area contributed by atoms with E-state index in [4.69, 9.17) is 9.97 Å². The Labute approximate surface area is 257 Å². The second-order valence-corrected chi connectivity index (χ2v) is 11.1. The molecule has 0 radical (unpaired) electrons. The summed E-state index contributed by atoms with van der Waals surface area (Å²) in [4.78, 5) is 32.6. The van der Waals surface area contributed by atoms with Crippen molar-refractivity contribution in [1.29, 1.82) is 0 Å². The van der Waals surface area contributed by atoms with Crippen LogP contribution in [0.1, 0.15) is 24.8 Å². The Morgan fingerprint density at radius 2 is 1.77 bits per heavy atom. The lowest BCUT2D eigenvalue weighted by Gasteiger charge is -2.16. The molecule has 10 heteroatoms. The Hall–Kier alpha value is -5.61. The Balaban J connectivity index is 1.18. The molecule has 0 saturated heterocycles. The third kappa shape index (κ3) is 5.46. The number of imidazole rings is 2. The molecular formula is C34H28N8OS. The number of hydrogen-bond acceptors (Lipinski definition) is 7. The van der Waals surface area contributed by atoms with Gasteiger partial charge in [-0.05, 0) is 54.4 Å². The maximum Gasteiger partial charge on any atom is 0.231 e. The third-order valence-electron chi connectivity index (χ3n) is 7.42. The molecule has 44 heavy (non-hydrogen) atoms. The fourth-order valence-corrected chi connectivity index (χ4v) is 5.99. The van der Waals surface area contributed by atoms with Crippen LogP contribution < -0.4 is 10.6 Å². The van der Waals surface area contributed by atoms with Gasteiger partial charge in [0.25, 0.3) is 0 Å². The monoisotopic (exact) mass is 596 g/mol. The molecule has 1 atom stereocenters. The predicted octanol–water partition coefficient (Wildman–Crippen LogP) is 7.58. The first-order chi connectivity index (χ1) is 21.7. The highest BCUT2D eigenvalue weighted by molar-refractivity contribution is 7.15. The molecular weight excluding hydrogens is 568 g/mol. The predicted molar refractivity (Wildman–Crippen MR) is 174 cm³/mol. The highest BCUT2D eigenvalue weighted by atomic mass is 32.1. The Morgan fingerprint density at radius 1 is 0.909 bits per heavy atom. The van der Waals surface area contributed by atoms with E-state index in [0.29, 0.717) is 18.1 Å². The standard InChI is InChI=1S/C34H28N8OS/c1-2-28(23-7-4-3-5-8-23)32(43)37-26-10-6-9-24(21-26)30-31(42-19-20-44-34(42)40-30)29-15-16-36-33(39-29)38-25-11-13-27(14-12-25)41-18-17-35-22-41/h3-22,28H,2H2,1H3,(H,37,43)(H,36,38,39). The number of fused-ring (bicyclic) bond motifs is 1. The molecule has 0 bridgehead atoms. The third-order valence-corrected chi connectivity index (χ3v) is 8.17. The molecule has 1 unspecified atom stereocenters. The highest BCUT2D eigenvalue weighted by Gasteiger charge is 2.21. The van der Waals surface area contributed by atoms with E-state index in [-0.39, 0.29) is 11.8 Å². The van der Waals surface area contributed by atoms with Gasteiger partial charge in [0.2, 0.25) is 11.9 Å². The second kappa shape index (κ2) is 11.9. The van der Waals surface area contributed by atoms with E-state index < -0.39 is 0 Å². The number of thiazole rings is 1. The van der Waals surface area contributed by atoms with Crippen molar-refractivity contribution in [3.05, 3.63) is 127 Å². The number of carbonyl (C=O) groups is 1. The summed E-state index contributed by atoms with van der Waals surface area (Å²) in [7, 11) is 0. The first-order valence-electron chi connectivity index (χ1n) is 14.3. The van der Waals surface area contributed by atoms with Crippen LogP contribution in [0.15, 0.2) is 121 Å². The summed E-state index contributed by atoms with van der Waals surface area (Å²) < 4.78 is 3.99. The number of amides is 1. The summed E-state index contributed by atoms with van der Waals surface area (Å²) in [6.45, 7) is 2.03. The van der Waals surface area contributed by atoms with Crippen LogP contribution in [-0.4, -0.2) is 34.8 Å². The van der Waals surface area contributed by atoms with Gasteiger partial charge in [0.05, 0.1) is 23.6 Å². The van der Waals surface area contributed by atoms with E-state index in [0.717, 1.165) is 44.5 Å². The molecule has 4 heterocycles. The molecule has 0 saturated carbocycles. The van der Waals surface area contributed by atoms with Crippen molar-refractivity contribution in [2.75, 3.05) is 10.6 Å². The maximum absolute atomic E-state index is 13.3. The van der Waals surface area contributed by atoms with E-state index >= 15 is 0 Å². The van der Waals surface area contributed by atoms with Crippen LogP contribution in [0.4, 0.5) is 17.3 Å². The molecule has 0 fully saturated rings. The minimum Gasteiger partial charge on any atom is -0.326 e. The molecule has 3 aromatic carbocycles. The van der Waals surface area contributed by atoms with Crippen molar-refractivity contribution in [3.63, 3.8) is 0 Å². The topological polar surface area (TPSA) is 102 Å². The fraction of sp³-hybridized carbons (Fsp3) is 0.0882. The van der Waals surface area contributed by atoms with Crippen molar-refractivity contribution >= 4 is 39.5 Å². The van der Waals surface area contributed by atoms with Gasteiger partial charge in [-0.2, -0.15) is 0 Å². The lowest BCUT2D eigenvalue weighted by Crippen LogP contribution is -2.20. The van der Waals surface area contributed by atoms with Crippen LogP contribution in [0.25, 0.3) is 33.3 Å². The molecule has 0 aliphatic rings. The minimum absolute atomic E-state index is 0.0357. The summed E-state index contributed by atoms with van der Waals surface area (Å²) in [5.74, 6) is 0.204. The largest absolute Gasteiger partial charge is 0.326 e. The average molecular weight is 597 g/mol. The molecule has 0 aliphatic heterocycles. The lowest BCUT2D eigenvalue weighted by molar-refractivity contribution is -0.117. The summed E-state index contributed by atoms with van der Waals surface area (Å²) in [6.07, 6.45) is 9.86. The molecule has 2 N–H and O–H groups in total. The molecule has 216 valence electrons. The van der Waals surface area contributed by atoms with E-state index in [1.54, 1.807) is 30.1 Å². The Kier molecular flexibility index (Phi) is 7.39. The van der Waals surface area contributed by atoms with Crippen molar-refractivity contribution in [3.8, 4) is 28.3 Å². The first-order valence-corrected chi connectivity index (χ1v) is 15.1. The number of anilines is 3. The molecule has 1 amide bonds. The van der Waals surface area contributed by atoms with Crippen molar-refractivity contribution in [1.82, 2.24) is 28.9 Å². The van der Waals surface area contributed by atoms with Gasteiger partial charge in [-0.25, -0.2) is 19.9 Å². The number of rotatable bonds is 9. The minimum atomic E-state index is -0.234. The van der Waals surface area contributed by atoms with Gasteiger partial charge in [-0.1, -0.05) is 49.4 Å². The molecule has 7 aromatic rings. The van der Waals surface area contributed by atoms with Crippen molar-refractivity contribution in [2.45, 2.75) is 19.3 Å². The van der Waals surface area contributed by atoms with E-state index in [2.05, 4.69) is 20.6 Å². The smallest absolute Gasteiger partial charge is 0.231 e. The van der Waals surface area contributed by atoms with Crippen LogP contribution in [0.3, 0.4) is 0 Å². The van der Waals surface area contributed by atoms with Crippen molar-refractivity contribution < 1.29 is 4.79 Å². The Bertz CT molecular complexity index is 2030. The van der Waals surface area contributed by atoms with Gasteiger partial charge in [0.1, 0.15) is 5.69 Å². The zero-order valence-electron chi connectivity index (χ0n) is 23.8. The van der Waals surface area contributed by atoms with Gasteiger partial charge >= 0.3 is 0 Å². The maximum atomic E-state index is 13.3. The molecule has 7 rings (SSSR count). The van der Waals surface area contributed by atoms with E-state index in [1.165, 1.54) is 0 Å². The zero-order chi connectivity index (χ0) is 29.9. The summed E-state index contributed by atoms with van der Waals surface area (Å²) in [6, 6.07) is 27.5. The van der Waals surface area contributed by atoms with E-state index in [9.17, 15) is 4.79 Å². The number of carbonyl (C=O) groups excluding carboxylic acids is 1. The number of aromatic nitrogens is 6. The quantitative estimate of drug-likeness (QED) is 0.178. The van der Waals surface area contributed by atoms with Crippen molar-refractivity contribution in [2.24, 2.45) is 0 Å². The lowest BCUT2D eigenvalue weighted by atomic mass is 9.95. The van der Waals surface area contributed by atoms with Gasteiger partial charge in [0, 0.05) is 52.8 Å². The van der Waals surface area contributed by atoms with Gasteiger partial charge in [0.15, 0.2) is 4.96 Å². The number of hydrogen-bond donors (Lipinski definition) is 2. The molecule has 4 aromatic heterocycles.